The van der Waals surface area contributed by atoms with E-state index in [0.29, 0.717) is 12.2 Å². The highest BCUT2D eigenvalue weighted by atomic mass is 16.6. The second kappa shape index (κ2) is 13.2. The maximum absolute atomic E-state index is 13.4. The van der Waals surface area contributed by atoms with Crippen LogP contribution in [-0.2, 0) is 0 Å². The summed E-state index contributed by atoms with van der Waals surface area (Å²) in [6.45, 7) is 2.53. The lowest BCUT2D eigenvalue weighted by Crippen LogP contribution is -2.16. The SMILES string of the molecule is CCCCCCCOc1cccc(OC(=O)c2cccc3ccccc23)c1C(=O)Oc1ccc(C(=O)O)cc1. The second-order valence-corrected chi connectivity index (χ2v) is 9.03. The summed E-state index contributed by atoms with van der Waals surface area (Å²) in [5.74, 6) is -2.12. The number of unbranched alkanes of at least 4 members (excludes halogenated alkanes) is 4. The van der Waals surface area contributed by atoms with E-state index in [4.69, 9.17) is 19.3 Å². The van der Waals surface area contributed by atoms with Crippen LogP contribution in [0.2, 0.25) is 0 Å². The number of carbonyl (C=O) groups excluding carboxylic acids is 2. The normalized spacial score (nSPS) is 10.7. The fourth-order valence-corrected chi connectivity index (χ4v) is 4.19. The molecule has 0 aliphatic carbocycles. The van der Waals surface area contributed by atoms with Gasteiger partial charge in [0.25, 0.3) is 0 Å². The van der Waals surface area contributed by atoms with Crippen LogP contribution in [0.15, 0.2) is 84.9 Å². The molecule has 4 aromatic rings. The van der Waals surface area contributed by atoms with Crippen LogP contribution < -0.4 is 14.2 Å². The third-order valence-electron chi connectivity index (χ3n) is 6.22. The molecule has 200 valence electrons. The summed E-state index contributed by atoms with van der Waals surface area (Å²) >= 11 is 0. The summed E-state index contributed by atoms with van der Waals surface area (Å²) in [5.41, 5.74) is 0.396. The molecule has 0 radical (unpaired) electrons. The largest absolute Gasteiger partial charge is 0.493 e. The predicted molar refractivity (Wildman–Crippen MR) is 148 cm³/mol. The molecule has 39 heavy (non-hydrogen) atoms. The molecule has 4 aromatic carbocycles. The van der Waals surface area contributed by atoms with Crippen molar-refractivity contribution in [3.63, 3.8) is 0 Å². The Labute approximate surface area is 226 Å². The van der Waals surface area contributed by atoms with Crippen molar-refractivity contribution in [1.29, 1.82) is 0 Å². The maximum Gasteiger partial charge on any atom is 0.351 e. The lowest BCUT2D eigenvalue weighted by molar-refractivity contribution is 0.0689. The average molecular weight is 527 g/mol. The average Bonchev–Trinajstić information content (AvgIpc) is 2.95. The summed E-state index contributed by atoms with van der Waals surface area (Å²) in [6.07, 6.45) is 5.19. The Morgan fingerprint density at radius 3 is 2.15 bits per heavy atom. The van der Waals surface area contributed by atoms with Crippen molar-refractivity contribution in [2.45, 2.75) is 39.0 Å². The van der Waals surface area contributed by atoms with Crippen LogP contribution in [0.3, 0.4) is 0 Å². The van der Waals surface area contributed by atoms with E-state index in [2.05, 4.69) is 6.92 Å². The molecule has 0 saturated heterocycles. The van der Waals surface area contributed by atoms with Crippen molar-refractivity contribution in [1.82, 2.24) is 0 Å². The zero-order chi connectivity index (χ0) is 27.6. The summed E-state index contributed by atoms with van der Waals surface area (Å²) in [5, 5.41) is 10.7. The van der Waals surface area contributed by atoms with Gasteiger partial charge in [0.1, 0.15) is 22.8 Å². The summed E-state index contributed by atoms with van der Waals surface area (Å²) in [7, 11) is 0. The second-order valence-electron chi connectivity index (χ2n) is 9.03. The predicted octanol–water partition coefficient (Wildman–Crippen LogP) is 7.33. The number of esters is 2. The van der Waals surface area contributed by atoms with Gasteiger partial charge in [0.15, 0.2) is 0 Å². The minimum absolute atomic E-state index is 0.00331. The molecule has 0 saturated carbocycles. The summed E-state index contributed by atoms with van der Waals surface area (Å²) in [4.78, 5) is 37.8. The molecule has 0 heterocycles. The van der Waals surface area contributed by atoms with Crippen LogP contribution in [0.25, 0.3) is 10.8 Å². The number of hydrogen-bond donors (Lipinski definition) is 1. The zero-order valence-corrected chi connectivity index (χ0v) is 21.7. The zero-order valence-electron chi connectivity index (χ0n) is 21.7. The number of carbonyl (C=O) groups is 3. The fourth-order valence-electron chi connectivity index (χ4n) is 4.19. The van der Waals surface area contributed by atoms with Gasteiger partial charge in [0.05, 0.1) is 17.7 Å². The molecule has 7 nitrogen and oxygen atoms in total. The third-order valence-corrected chi connectivity index (χ3v) is 6.22. The molecule has 0 bridgehead atoms. The third kappa shape index (κ3) is 7.02. The molecule has 7 heteroatoms. The Morgan fingerprint density at radius 2 is 1.38 bits per heavy atom. The quantitative estimate of drug-likeness (QED) is 0.117. The first-order valence-electron chi connectivity index (χ1n) is 13.0. The van der Waals surface area contributed by atoms with E-state index in [1.54, 1.807) is 24.3 Å². The van der Waals surface area contributed by atoms with Crippen LogP contribution >= 0.6 is 0 Å². The number of rotatable bonds is 12. The summed E-state index contributed by atoms with van der Waals surface area (Å²) in [6, 6.07) is 23.1. The van der Waals surface area contributed by atoms with Gasteiger partial charge in [-0.25, -0.2) is 14.4 Å². The number of carboxylic acid groups (broad SMARTS) is 1. The van der Waals surface area contributed by atoms with Gasteiger partial charge in [0, 0.05) is 0 Å². The number of ether oxygens (including phenoxy) is 3. The molecule has 0 aromatic heterocycles. The van der Waals surface area contributed by atoms with Crippen molar-refractivity contribution in [2.75, 3.05) is 6.61 Å². The Bertz CT molecular complexity index is 1450. The smallest absolute Gasteiger partial charge is 0.351 e. The van der Waals surface area contributed by atoms with Crippen molar-refractivity contribution in [2.24, 2.45) is 0 Å². The van der Waals surface area contributed by atoms with Crippen molar-refractivity contribution < 1.29 is 33.7 Å². The van der Waals surface area contributed by atoms with Crippen molar-refractivity contribution in [3.8, 4) is 17.2 Å². The first kappa shape index (κ1) is 27.4. The van der Waals surface area contributed by atoms with Crippen LogP contribution in [0.1, 0.15) is 70.1 Å². The number of hydrogen-bond acceptors (Lipinski definition) is 6. The van der Waals surface area contributed by atoms with Crippen LogP contribution in [0.5, 0.6) is 17.2 Å². The van der Waals surface area contributed by atoms with E-state index < -0.39 is 17.9 Å². The maximum atomic E-state index is 13.4. The molecule has 4 rings (SSSR count). The molecule has 0 unspecified atom stereocenters. The summed E-state index contributed by atoms with van der Waals surface area (Å²) < 4.78 is 17.2. The van der Waals surface area contributed by atoms with Crippen molar-refractivity contribution >= 4 is 28.7 Å². The molecular formula is C32H30O7. The van der Waals surface area contributed by atoms with Gasteiger partial charge in [-0.3, -0.25) is 0 Å². The molecule has 0 spiro atoms. The highest BCUT2D eigenvalue weighted by Gasteiger charge is 2.24. The Hall–Kier alpha value is -4.65. The first-order chi connectivity index (χ1) is 19.0. The minimum Gasteiger partial charge on any atom is -0.493 e. The number of fused-ring (bicyclic) bond motifs is 1. The van der Waals surface area contributed by atoms with Crippen LogP contribution in [-0.4, -0.2) is 29.6 Å². The first-order valence-corrected chi connectivity index (χ1v) is 13.0. The Morgan fingerprint density at radius 1 is 0.692 bits per heavy atom. The van der Waals surface area contributed by atoms with Gasteiger partial charge in [-0.2, -0.15) is 0 Å². The van der Waals surface area contributed by atoms with Gasteiger partial charge in [0.2, 0.25) is 0 Å². The molecule has 0 fully saturated rings. The molecule has 0 amide bonds. The lowest BCUT2D eigenvalue weighted by Gasteiger charge is -2.15. The van der Waals surface area contributed by atoms with Gasteiger partial charge >= 0.3 is 17.9 Å². The van der Waals surface area contributed by atoms with Crippen LogP contribution in [0.4, 0.5) is 0 Å². The van der Waals surface area contributed by atoms with E-state index in [9.17, 15) is 14.4 Å². The van der Waals surface area contributed by atoms with E-state index in [1.165, 1.54) is 30.3 Å². The molecule has 0 atom stereocenters. The molecule has 0 aliphatic rings. The topological polar surface area (TPSA) is 99.1 Å². The standard InChI is InChI=1S/C32H30O7/c1-2-3-4-5-8-21-37-27-15-10-16-28(29(27)32(36)38-24-19-17-23(18-20-24)30(33)34)39-31(35)26-14-9-12-22-11-6-7-13-25(22)26/h6-7,9-20H,2-5,8,21H2,1H3,(H,33,34). The molecule has 1 N–H and O–H groups in total. The van der Waals surface area contributed by atoms with Gasteiger partial charge in [-0.15, -0.1) is 0 Å². The number of aromatic carboxylic acids is 1. The van der Waals surface area contributed by atoms with E-state index in [-0.39, 0.29) is 28.4 Å². The highest BCUT2D eigenvalue weighted by Crippen LogP contribution is 2.32. The lowest BCUT2D eigenvalue weighted by atomic mass is 10.0. The van der Waals surface area contributed by atoms with Crippen LogP contribution in [0, 0.1) is 0 Å². The fraction of sp³-hybridized carbons (Fsp3) is 0.219. The van der Waals surface area contributed by atoms with Gasteiger partial charge in [-0.1, -0.05) is 75.1 Å². The van der Waals surface area contributed by atoms with E-state index in [1.807, 2.05) is 30.3 Å². The molecule has 0 aliphatic heterocycles. The molecular weight excluding hydrogens is 496 g/mol. The van der Waals surface area contributed by atoms with Crippen molar-refractivity contribution in [3.05, 3.63) is 102 Å². The Balaban J connectivity index is 1.61. The minimum atomic E-state index is -1.09. The monoisotopic (exact) mass is 526 g/mol. The highest BCUT2D eigenvalue weighted by molar-refractivity contribution is 6.06. The van der Waals surface area contributed by atoms with Gasteiger partial charge < -0.3 is 19.3 Å². The van der Waals surface area contributed by atoms with E-state index in [0.717, 1.165) is 42.9 Å². The van der Waals surface area contributed by atoms with E-state index >= 15 is 0 Å². The number of carboxylic acids is 1. The van der Waals surface area contributed by atoms with Gasteiger partial charge in [-0.05, 0) is 59.7 Å². The Kier molecular flexibility index (Phi) is 9.29. The number of benzene rings is 4.